The van der Waals surface area contributed by atoms with Crippen LogP contribution in [0.5, 0.6) is 0 Å². The molecule has 138 valence electrons. The molecule has 0 aromatic carbocycles. The van der Waals surface area contributed by atoms with E-state index in [0.29, 0.717) is 25.7 Å². The maximum absolute atomic E-state index is 8.95. The van der Waals surface area contributed by atoms with Crippen molar-refractivity contribution in [1.29, 1.82) is 0 Å². The zero-order chi connectivity index (χ0) is 19.1. The summed E-state index contributed by atoms with van der Waals surface area (Å²) in [7, 11) is 0. The minimum atomic E-state index is -2.79. The molecule has 0 aromatic heterocycles. The van der Waals surface area contributed by atoms with Gasteiger partial charge < -0.3 is 0 Å². The molecule has 0 aliphatic carbocycles. The first kappa shape index (κ1) is 19.8. The van der Waals surface area contributed by atoms with Crippen LogP contribution < -0.4 is 0 Å². The van der Waals surface area contributed by atoms with Crippen molar-refractivity contribution in [2.45, 2.75) is 99.2 Å². The molecular weight excluding hydrogens is 391 g/mol. The second kappa shape index (κ2) is 16.0. The summed E-state index contributed by atoms with van der Waals surface area (Å²) in [6, 6.07) is 0.492. The van der Waals surface area contributed by atoms with Crippen molar-refractivity contribution in [2.75, 3.05) is 13.2 Å². The van der Waals surface area contributed by atoms with Gasteiger partial charge in [-0.3, -0.25) is 0 Å². The first-order valence-electron chi connectivity index (χ1n) is 10.9. The predicted octanol–water partition coefficient (Wildman–Crippen LogP) is 6.72. The van der Waals surface area contributed by atoms with Gasteiger partial charge in [0.05, 0.1) is 0 Å². The Bertz CT molecular complexity index is 334. The SMILES string of the molecule is [2H]/C(CC(OCC)OCC)=[C](\[2H])[Sn]([CH2]CCC)([CH2]CCC)[CH2]CCC. The molecule has 0 aromatic rings. The van der Waals surface area contributed by atoms with Crippen LogP contribution in [0.1, 0.15) is 82.3 Å². The van der Waals surface area contributed by atoms with Gasteiger partial charge in [-0.25, -0.2) is 0 Å². The fourth-order valence-corrected chi connectivity index (χ4v) is 16.4. The normalized spacial score (nSPS) is 14.7. The molecule has 0 spiro atoms. The Labute approximate surface area is 153 Å². The van der Waals surface area contributed by atoms with Crippen molar-refractivity contribution in [1.82, 2.24) is 0 Å². The van der Waals surface area contributed by atoms with Crippen molar-refractivity contribution in [2.24, 2.45) is 0 Å². The molecule has 0 radical (unpaired) electrons. The summed E-state index contributed by atoms with van der Waals surface area (Å²) in [5.74, 6) is 0. The number of rotatable bonds is 16. The topological polar surface area (TPSA) is 18.5 Å². The molecule has 0 unspecified atom stereocenters. The van der Waals surface area contributed by atoms with Gasteiger partial charge in [-0.2, -0.15) is 0 Å². The molecule has 0 bridgehead atoms. The Hall–Kier alpha value is 0.459. The fourth-order valence-electron chi connectivity index (χ4n) is 2.97. The monoisotopic (exact) mass is 436 g/mol. The van der Waals surface area contributed by atoms with Gasteiger partial charge in [0.1, 0.15) is 0 Å². The Balaban J connectivity index is 5.49. The van der Waals surface area contributed by atoms with Gasteiger partial charge in [-0.05, 0) is 0 Å². The van der Waals surface area contributed by atoms with Crippen LogP contribution in [-0.4, -0.2) is 37.9 Å². The summed E-state index contributed by atoms with van der Waals surface area (Å²) in [5, 5.41) is 0. The summed E-state index contributed by atoms with van der Waals surface area (Å²) < 4.78 is 33.3. The van der Waals surface area contributed by atoms with Crippen LogP contribution in [0.2, 0.25) is 13.3 Å². The van der Waals surface area contributed by atoms with Crippen LogP contribution in [-0.2, 0) is 9.47 Å². The number of ether oxygens (including phenoxy) is 2. The number of hydrogen-bond donors (Lipinski definition) is 0. The minimum absolute atomic E-state index is 0.365. The van der Waals surface area contributed by atoms with E-state index < -0.39 is 18.4 Å². The molecule has 0 saturated carbocycles. The van der Waals surface area contributed by atoms with Gasteiger partial charge in [0.15, 0.2) is 0 Å². The summed E-state index contributed by atoms with van der Waals surface area (Å²) in [6.45, 7) is 11.8. The molecule has 3 heteroatoms. The quantitative estimate of drug-likeness (QED) is 0.198. The molecule has 0 fully saturated rings. The van der Waals surface area contributed by atoms with Crippen LogP contribution in [0.25, 0.3) is 0 Å². The third kappa shape index (κ3) is 11.6. The average molecular weight is 435 g/mol. The Kier molecular flexibility index (Phi) is 13.7. The van der Waals surface area contributed by atoms with Crippen LogP contribution in [0.4, 0.5) is 0 Å². The van der Waals surface area contributed by atoms with E-state index in [9.17, 15) is 0 Å². The van der Waals surface area contributed by atoms with E-state index >= 15 is 0 Å². The second-order valence-corrected chi connectivity index (χ2v) is 18.7. The second-order valence-electron chi connectivity index (χ2n) is 6.44. The van der Waals surface area contributed by atoms with Crippen LogP contribution in [0.3, 0.4) is 0 Å². The predicted molar refractivity (Wildman–Crippen MR) is 106 cm³/mol. The standard InChI is InChI=1S/C8H15O2.3C4H9.Sn/c1-4-7-8(9-5-2)10-6-3;3*1-3-4-2;/h1,4,8H,5-7H2,2-3H3;3*1,3-4H2,2H3;/i1D,4D;;;;. The van der Waals surface area contributed by atoms with Crippen molar-refractivity contribution in [3.8, 4) is 0 Å². The molecule has 2 nitrogen and oxygen atoms in total. The van der Waals surface area contributed by atoms with E-state index in [2.05, 4.69) is 20.8 Å². The number of hydrogen-bond acceptors (Lipinski definition) is 2. The Morgan fingerprint density at radius 2 is 1.26 bits per heavy atom. The molecule has 0 aliphatic heterocycles. The molecule has 0 atom stereocenters. The summed E-state index contributed by atoms with van der Waals surface area (Å²) in [6.07, 6.45) is 7.31. The molecule has 0 N–H and O–H groups in total. The van der Waals surface area contributed by atoms with Crippen molar-refractivity contribution < 1.29 is 12.2 Å². The third-order valence-electron chi connectivity index (χ3n) is 4.35. The molecule has 0 heterocycles. The van der Waals surface area contributed by atoms with E-state index in [1.807, 2.05) is 13.8 Å². The van der Waals surface area contributed by atoms with Gasteiger partial charge in [-0.15, -0.1) is 0 Å². The number of unbranched alkanes of at least 4 members (excludes halogenated alkanes) is 3. The van der Waals surface area contributed by atoms with Gasteiger partial charge in [0, 0.05) is 0 Å². The van der Waals surface area contributed by atoms with Crippen LogP contribution in [0, 0.1) is 0 Å². The molecule has 23 heavy (non-hydrogen) atoms. The van der Waals surface area contributed by atoms with Crippen LogP contribution in [0.15, 0.2) is 10.1 Å². The zero-order valence-corrected chi connectivity index (χ0v) is 19.2. The zero-order valence-electron chi connectivity index (χ0n) is 18.4. The van der Waals surface area contributed by atoms with E-state index in [0.717, 1.165) is 4.07 Å². The van der Waals surface area contributed by atoms with Gasteiger partial charge in [0.2, 0.25) is 0 Å². The van der Waals surface area contributed by atoms with Gasteiger partial charge in [-0.1, -0.05) is 0 Å². The van der Waals surface area contributed by atoms with Crippen molar-refractivity contribution in [3.05, 3.63) is 10.1 Å². The fraction of sp³-hybridized carbons (Fsp3) is 0.900. The van der Waals surface area contributed by atoms with Crippen molar-refractivity contribution in [3.63, 3.8) is 0 Å². The molecule has 0 aliphatic rings. The first-order chi connectivity index (χ1) is 12.0. The van der Waals surface area contributed by atoms with E-state index in [1.165, 1.54) is 51.8 Å². The Morgan fingerprint density at radius 3 is 1.61 bits per heavy atom. The molecule has 0 rings (SSSR count). The summed E-state index contributed by atoms with van der Waals surface area (Å²) in [4.78, 5) is 0. The van der Waals surface area contributed by atoms with E-state index in [1.54, 1.807) is 0 Å². The third-order valence-corrected chi connectivity index (χ3v) is 17.6. The molecule has 0 amide bonds. The molecular formula is C20H42O2Sn. The summed E-state index contributed by atoms with van der Waals surface area (Å²) in [5.41, 5.74) is 0. The summed E-state index contributed by atoms with van der Waals surface area (Å²) >= 11 is -2.79. The molecule has 0 saturated heterocycles. The maximum atomic E-state index is 8.95. The average Bonchev–Trinajstić information content (AvgIpc) is 2.61. The van der Waals surface area contributed by atoms with Crippen LogP contribution >= 0.6 is 0 Å². The van der Waals surface area contributed by atoms with E-state index in [-0.39, 0.29) is 6.29 Å². The van der Waals surface area contributed by atoms with E-state index in [4.69, 9.17) is 12.2 Å². The Morgan fingerprint density at radius 1 is 0.826 bits per heavy atom. The van der Waals surface area contributed by atoms with Crippen molar-refractivity contribution >= 4 is 18.4 Å². The first-order valence-corrected chi connectivity index (χ1v) is 17.4. The van der Waals surface area contributed by atoms with Gasteiger partial charge >= 0.3 is 153 Å². The van der Waals surface area contributed by atoms with Gasteiger partial charge in [0.25, 0.3) is 0 Å².